The van der Waals surface area contributed by atoms with Gasteiger partial charge in [0.25, 0.3) is 10.2 Å². The van der Waals surface area contributed by atoms with Crippen LogP contribution in [0.15, 0.2) is 24.3 Å². The molecular formula is C21H29N5O5S2. The number of hydrogen-bond acceptors (Lipinski definition) is 7. The largest absolute Gasteiger partial charge is 0.383 e. The third-order valence-electron chi connectivity index (χ3n) is 6.21. The number of anilines is 1. The first-order valence-corrected chi connectivity index (χ1v) is 13.1. The first kappa shape index (κ1) is 24.0. The Hall–Kier alpha value is -2.12. The zero-order valence-corrected chi connectivity index (χ0v) is 20.7. The van der Waals surface area contributed by atoms with Crippen LogP contribution < -0.4 is 10.2 Å². The van der Waals surface area contributed by atoms with Gasteiger partial charge in [0.05, 0.1) is 41.4 Å². The SMILES string of the molecule is COCC(C)NC(=O)CN(C)S(=O)(=O)N1CC[C@H]2[C@H]1[C@H](C)C(=O)N2c1nc2ccccc2s1. The van der Waals surface area contributed by atoms with Crippen LogP contribution in [0.3, 0.4) is 0 Å². The lowest BCUT2D eigenvalue weighted by atomic mass is 10.0. The maximum absolute atomic E-state index is 13.4. The molecule has 1 unspecified atom stereocenters. The van der Waals surface area contributed by atoms with Crippen LogP contribution >= 0.6 is 11.3 Å². The Morgan fingerprint density at radius 3 is 2.82 bits per heavy atom. The fraction of sp³-hybridized carbons (Fsp3) is 0.571. The van der Waals surface area contributed by atoms with Crippen LogP contribution in [0.4, 0.5) is 5.13 Å². The number of aromatic nitrogens is 1. The number of amides is 2. The van der Waals surface area contributed by atoms with Gasteiger partial charge in [-0.15, -0.1) is 0 Å². The maximum atomic E-state index is 13.4. The minimum Gasteiger partial charge on any atom is -0.383 e. The van der Waals surface area contributed by atoms with Crippen molar-refractivity contribution in [2.24, 2.45) is 5.92 Å². The van der Waals surface area contributed by atoms with Crippen molar-refractivity contribution in [3.05, 3.63) is 24.3 Å². The molecular weight excluding hydrogens is 466 g/mol. The number of nitrogens with zero attached hydrogens (tertiary/aromatic N) is 4. The molecule has 2 fully saturated rings. The number of benzene rings is 1. The van der Waals surface area contributed by atoms with E-state index in [0.29, 0.717) is 18.2 Å². The summed E-state index contributed by atoms with van der Waals surface area (Å²) in [7, 11) is -1.03. The van der Waals surface area contributed by atoms with E-state index in [9.17, 15) is 18.0 Å². The van der Waals surface area contributed by atoms with Crippen LogP contribution in [0, 0.1) is 5.92 Å². The van der Waals surface area contributed by atoms with Crippen molar-refractivity contribution in [2.75, 3.05) is 38.8 Å². The zero-order valence-electron chi connectivity index (χ0n) is 19.1. The van der Waals surface area contributed by atoms with Crippen molar-refractivity contribution in [3.8, 4) is 0 Å². The van der Waals surface area contributed by atoms with Gasteiger partial charge in [-0.05, 0) is 25.5 Å². The highest BCUT2D eigenvalue weighted by molar-refractivity contribution is 7.86. The second-order valence-corrected chi connectivity index (χ2v) is 11.6. The van der Waals surface area contributed by atoms with Gasteiger partial charge in [-0.25, -0.2) is 4.98 Å². The molecule has 12 heteroatoms. The van der Waals surface area contributed by atoms with Crippen LogP contribution in [0.2, 0.25) is 0 Å². The second kappa shape index (κ2) is 9.26. The summed E-state index contributed by atoms with van der Waals surface area (Å²) in [6.07, 6.45) is 0.515. The van der Waals surface area contributed by atoms with Gasteiger partial charge >= 0.3 is 0 Å². The average Bonchev–Trinajstić information content (AvgIpc) is 3.43. The molecule has 3 heterocycles. The van der Waals surface area contributed by atoms with Gasteiger partial charge in [-0.2, -0.15) is 17.0 Å². The quantitative estimate of drug-likeness (QED) is 0.586. The molecule has 10 nitrogen and oxygen atoms in total. The predicted molar refractivity (Wildman–Crippen MR) is 126 cm³/mol. The summed E-state index contributed by atoms with van der Waals surface area (Å²) >= 11 is 1.43. The number of hydrogen-bond donors (Lipinski definition) is 1. The number of likely N-dealkylation sites (N-methyl/N-ethyl adjacent to an activating group) is 1. The number of nitrogens with one attached hydrogen (secondary N) is 1. The fourth-order valence-corrected chi connectivity index (χ4v) is 7.34. The lowest BCUT2D eigenvalue weighted by Crippen LogP contribution is -2.50. The standard InChI is InChI=1S/C21H29N5O5S2/c1-13(12-31-4)22-18(27)11-24(3)33(29,30)25-10-9-16-19(25)14(2)20(28)26(16)21-23-15-7-5-6-8-17(15)32-21/h5-8,13-14,16,19H,9-12H2,1-4H3,(H,22,27)/t13?,14-,16-,19+/m0/s1. The van der Waals surface area contributed by atoms with Crippen molar-refractivity contribution >= 4 is 48.7 Å². The summed E-state index contributed by atoms with van der Waals surface area (Å²) in [5, 5.41) is 3.32. The van der Waals surface area contributed by atoms with Gasteiger partial charge in [-0.3, -0.25) is 14.5 Å². The maximum Gasteiger partial charge on any atom is 0.282 e. The Balaban J connectivity index is 1.52. The van der Waals surface area contributed by atoms with Crippen LogP contribution in [-0.2, 0) is 24.5 Å². The first-order valence-electron chi connectivity index (χ1n) is 10.8. The Bertz CT molecular complexity index is 1120. The Kier molecular flexibility index (Phi) is 6.74. The van der Waals surface area contributed by atoms with E-state index in [-0.39, 0.29) is 31.1 Å². The molecule has 1 aromatic carbocycles. The monoisotopic (exact) mass is 495 g/mol. The zero-order chi connectivity index (χ0) is 23.9. The fourth-order valence-electron chi connectivity index (χ4n) is 4.71. The lowest BCUT2D eigenvalue weighted by molar-refractivity contribution is -0.122. The summed E-state index contributed by atoms with van der Waals surface area (Å²) in [6, 6.07) is 6.65. The number of thiazole rings is 1. The Morgan fingerprint density at radius 1 is 1.39 bits per heavy atom. The minimum absolute atomic E-state index is 0.127. The van der Waals surface area contributed by atoms with Crippen molar-refractivity contribution in [2.45, 2.75) is 38.4 Å². The molecule has 0 saturated carbocycles. The third kappa shape index (κ3) is 4.37. The van der Waals surface area contributed by atoms with E-state index in [1.807, 2.05) is 24.3 Å². The molecule has 0 aliphatic carbocycles. The van der Waals surface area contributed by atoms with Crippen molar-refractivity contribution < 1.29 is 22.7 Å². The summed E-state index contributed by atoms with van der Waals surface area (Å²) in [5.41, 5.74) is 0.817. The second-order valence-electron chi connectivity index (χ2n) is 8.61. The highest BCUT2D eigenvalue weighted by Crippen LogP contribution is 2.42. The number of carbonyl (C=O) groups is 2. The Labute approximate surface area is 197 Å². The van der Waals surface area contributed by atoms with Gasteiger partial charge in [0, 0.05) is 26.7 Å². The molecule has 33 heavy (non-hydrogen) atoms. The van der Waals surface area contributed by atoms with E-state index in [0.717, 1.165) is 14.5 Å². The molecule has 0 bridgehead atoms. The normalized spacial score (nSPS) is 24.6. The smallest absolute Gasteiger partial charge is 0.282 e. The minimum atomic E-state index is -3.94. The molecule has 2 saturated heterocycles. The number of ether oxygens (including phenoxy) is 1. The van der Waals surface area contributed by atoms with Crippen molar-refractivity contribution in [3.63, 3.8) is 0 Å². The molecule has 0 radical (unpaired) electrons. The number of rotatable bonds is 8. The van der Waals surface area contributed by atoms with Gasteiger partial charge < -0.3 is 10.1 Å². The molecule has 1 N–H and O–H groups in total. The first-order chi connectivity index (χ1) is 15.6. The van der Waals surface area contributed by atoms with E-state index in [1.54, 1.807) is 18.7 Å². The molecule has 4 rings (SSSR count). The van der Waals surface area contributed by atoms with Crippen LogP contribution in [-0.4, -0.2) is 85.8 Å². The molecule has 2 aliphatic heterocycles. The van der Waals surface area contributed by atoms with Gasteiger partial charge in [0.15, 0.2) is 5.13 Å². The molecule has 2 aliphatic rings. The van der Waals surface area contributed by atoms with Gasteiger partial charge in [-0.1, -0.05) is 30.4 Å². The number of fused-ring (bicyclic) bond motifs is 2. The average molecular weight is 496 g/mol. The van der Waals surface area contributed by atoms with Crippen LogP contribution in [0.1, 0.15) is 20.3 Å². The summed E-state index contributed by atoms with van der Waals surface area (Å²) in [6.45, 7) is 3.85. The molecule has 1 aromatic heterocycles. The molecule has 180 valence electrons. The number of para-hydroxylation sites is 1. The van der Waals surface area contributed by atoms with Crippen molar-refractivity contribution in [1.29, 1.82) is 0 Å². The van der Waals surface area contributed by atoms with Gasteiger partial charge in [0.2, 0.25) is 11.8 Å². The van der Waals surface area contributed by atoms with Crippen LogP contribution in [0.5, 0.6) is 0 Å². The molecule has 4 atom stereocenters. The molecule has 2 amide bonds. The molecule has 0 spiro atoms. The lowest BCUT2D eigenvalue weighted by Gasteiger charge is -2.29. The number of methoxy groups -OCH3 is 1. The highest BCUT2D eigenvalue weighted by Gasteiger charge is 2.56. The van der Waals surface area contributed by atoms with Crippen molar-refractivity contribution in [1.82, 2.24) is 18.9 Å². The van der Waals surface area contributed by atoms with E-state index >= 15 is 0 Å². The summed E-state index contributed by atoms with van der Waals surface area (Å²) in [5.74, 6) is -1.05. The van der Waals surface area contributed by atoms with E-state index in [2.05, 4.69) is 10.3 Å². The molecule has 2 aromatic rings. The van der Waals surface area contributed by atoms with E-state index in [1.165, 1.54) is 29.8 Å². The third-order valence-corrected chi connectivity index (χ3v) is 9.18. The summed E-state index contributed by atoms with van der Waals surface area (Å²) < 4.78 is 35.1. The Morgan fingerprint density at radius 2 is 2.12 bits per heavy atom. The highest BCUT2D eigenvalue weighted by atomic mass is 32.2. The predicted octanol–water partition coefficient (Wildman–Crippen LogP) is 1.05. The van der Waals surface area contributed by atoms with Gasteiger partial charge in [0.1, 0.15) is 0 Å². The summed E-state index contributed by atoms with van der Waals surface area (Å²) in [4.78, 5) is 31.8. The van der Waals surface area contributed by atoms with E-state index < -0.39 is 28.1 Å². The number of carbonyl (C=O) groups excluding carboxylic acids is 2. The van der Waals surface area contributed by atoms with E-state index in [4.69, 9.17) is 4.74 Å². The topological polar surface area (TPSA) is 112 Å². The van der Waals surface area contributed by atoms with Crippen LogP contribution in [0.25, 0.3) is 10.2 Å².